The Hall–Kier alpha value is -1.62. The maximum Gasteiger partial charge on any atom is 0.277 e. The fourth-order valence-corrected chi connectivity index (χ4v) is 8.00. The zero-order chi connectivity index (χ0) is 33.8. The van der Waals surface area contributed by atoms with Gasteiger partial charge in [-0.25, -0.2) is 4.98 Å². The molecule has 3 heterocycles. The number of aromatic nitrogens is 3. The highest BCUT2D eigenvalue weighted by Gasteiger charge is 2.55. The number of ether oxygens (including phenoxy) is 1. The Balaban J connectivity index is 2.22. The highest BCUT2D eigenvalue weighted by Crippen LogP contribution is 2.47. The minimum Gasteiger partial charge on any atom is -0.414 e. The van der Waals surface area contributed by atoms with Crippen molar-refractivity contribution in [3.8, 4) is 0 Å². The Kier molecular flexibility index (Phi) is 10.2. The van der Waals surface area contributed by atoms with Crippen molar-refractivity contribution in [2.24, 2.45) is 0 Å². The molecule has 0 radical (unpaired) electrons. The lowest BCUT2D eigenvalue weighted by Crippen LogP contribution is -2.54. The number of amides is 1. The second kappa shape index (κ2) is 12.2. The smallest absolute Gasteiger partial charge is 0.277 e. The third-order valence-corrected chi connectivity index (χ3v) is 23.8. The van der Waals surface area contributed by atoms with E-state index in [-0.39, 0.29) is 26.5 Å². The summed E-state index contributed by atoms with van der Waals surface area (Å²) in [5, 5.41) is 2.61. The van der Waals surface area contributed by atoms with E-state index in [1.165, 1.54) is 6.92 Å². The normalized spacial score (nSPS) is 22.5. The van der Waals surface area contributed by atoms with Crippen molar-refractivity contribution >= 4 is 47.7 Å². The van der Waals surface area contributed by atoms with Gasteiger partial charge in [-0.3, -0.25) is 9.59 Å². The van der Waals surface area contributed by atoms with Gasteiger partial charge < -0.3 is 32.9 Å². The fraction of sp³-hybridized carbons (Fsp3) is 0.774. The standard InChI is InChI=1S/C31H58N4O6Si3/c1-20(36)33-23-17-21-24(27(37)34-23)32-19-35(21)28-26(41-44(15,16)31(8,9)10)25(40-43(13,14)30(5,6)7)22(39-28)18-38-42(11,12)29(2,3)4/h17,19,22,25-26,28H,18H2,1-16H3,(H2,33,34,36,37)/t22-,25-,26-,28-/m1/s1. The summed E-state index contributed by atoms with van der Waals surface area (Å²) in [6.07, 6.45) is -0.311. The molecule has 13 heteroatoms. The van der Waals surface area contributed by atoms with Crippen LogP contribution in [0.4, 0.5) is 5.82 Å². The van der Waals surface area contributed by atoms with Gasteiger partial charge in [-0.05, 0) is 54.4 Å². The number of pyridine rings is 1. The molecule has 0 spiro atoms. The molecule has 0 aromatic carbocycles. The van der Waals surface area contributed by atoms with Crippen molar-refractivity contribution in [3.05, 3.63) is 22.7 Å². The van der Waals surface area contributed by atoms with Gasteiger partial charge in [-0.15, -0.1) is 0 Å². The monoisotopic (exact) mass is 666 g/mol. The van der Waals surface area contributed by atoms with E-state index in [1.807, 2.05) is 4.57 Å². The number of hydrogen-bond donors (Lipinski definition) is 2. The van der Waals surface area contributed by atoms with E-state index in [0.717, 1.165) is 0 Å². The topological polar surface area (TPSA) is 117 Å². The number of anilines is 1. The molecule has 0 unspecified atom stereocenters. The van der Waals surface area contributed by atoms with Crippen molar-refractivity contribution < 1.29 is 22.8 Å². The number of rotatable bonds is 9. The second-order valence-electron chi connectivity index (χ2n) is 16.9. The number of carbonyl (C=O) groups excluding carboxylic acids is 1. The molecule has 3 rings (SSSR count). The zero-order valence-electron chi connectivity index (χ0n) is 30.0. The van der Waals surface area contributed by atoms with Crippen LogP contribution in [0.15, 0.2) is 17.2 Å². The van der Waals surface area contributed by atoms with E-state index in [2.05, 4.69) is 117 Å². The van der Waals surface area contributed by atoms with Crippen LogP contribution in [-0.4, -0.2) is 70.3 Å². The maximum atomic E-state index is 13.0. The number of H-pyrrole nitrogens is 1. The Labute approximate surface area is 267 Å². The molecule has 1 saturated heterocycles. The van der Waals surface area contributed by atoms with Gasteiger partial charge in [-0.1, -0.05) is 62.3 Å². The quantitative estimate of drug-likeness (QED) is 0.268. The van der Waals surface area contributed by atoms with Gasteiger partial charge in [0.15, 0.2) is 36.7 Å². The zero-order valence-corrected chi connectivity index (χ0v) is 33.0. The van der Waals surface area contributed by atoms with E-state index in [4.69, 9.17) is 18.0 Å². The summed E-state index contributed by atoms with van der Waals surface area (Å²) in [7, 11) is -6.78. The Morgan fingerprint density at radius 2 is 1.41 bits per heavy atom. The molecule has 2 aromatic heterocycles. The first-order valence-corrected chi connectivity index (χ1v) is 24.4. The van der Waals surface area contributed by atoms with Gasteiger partial charge in [0.25, 0.3) is 5.56 Å². The third kappa shape index (κ3) is 7.67. The molecule has 0 aliphatic carbocycles. The molecule has 1 aliphatic rings. The lowest BCUT2D eigenvalue weighted by Gasteiger charge is -2.44. The lowest BCUT2D eigenvalue weighted by molar-refractivity contribution is -0.114. The Bertz CT molecular complexity index is 1400. The van der Waals surface area contributed by atoms with Crippen LogP contribution in [0.3, 0.4) is 0 Å². The van der Waals surface area contributed by atoms with Crippen LogP contribution in [0.25, 0.3) is 11.0 Å². The first-order valence-electron chi connectivity index (χ1n) is 15.7. The molecule has 2 N–H and O–H groups in total. The minimum absolute atomic E-state index is 0.0273. The number of nitrogens with one attached hydrogen (secondary N) is 2. The van der Waals surface area contributed by atoms with Crippen LogP contribution in [0.5, 0.6) is 0 Å². The van der Waals surface area contributed by atoms with Gasteiger partial charge in [0.2, 0.25) is 5.91 Å². The molecule has 1 aliphatic heterocycles. The summed E-state index contributed by atoms with van der Waals surface area (Å²) in [6.45, 7) is 35.3. The van der Waals surface area contributed by atoms with Gasteiger partial charge in [0, 0.05) is 13.0 Å². The summed E-state index contributed by atoms with van der Waals surface area (Å²) in [5.41, 5.74) is 0.414. The minimum atomic E-state index is -2.35. The van der Waals surface area contributed by atoms with E-state index in [9.17, 15) is 9.59 Å². The maximum absolute atomic E-state index is 13.0. The van der Waals surface area contributed by atoms with Gasteiger partial charge >= 0.3 is 0 Å². The van der Waals surface area contributed by atoms with Crippen molar-refractivity contribution in [3.63, 3.8) is 0 Å². The number of hydrogen-bond acceptors (Lipinski definition) is 7. The third-order valence-electron chi connectivity index (χ3n) is 10.3. The van der Waals surface area contributed by atoms with E-state index < -0.39 is 55.1 Å². The molecule has 10 nitrogen and oxygen atoms in total. The number of carbonyl (C=O) groups is 1. The average Bonchev–Trinajstić information content (AvgIpc) is 3.36. The molecular formula is C31H58N4O6Si3. The van der Waals surface area contributed by atoms with Crippen LogP contribution >= 0.6 is 0 Å². The number of aromatic amines is 1. The number of fused-ring (bicyclic) bond motifs is 1. The second-order valence-corrected chi connectivity index (χ2v) is 31.2. The molecule has 2 aromatic rings. The van der Waals surface area contributed by atoms with Crippen LogP contribution in [0, 0.1) is 0 Å². The highest BCUT2D eigenvalue weighted by molar-refractivity contribution is 6.75. The fourth-order valence-electron chi connectivity index (χ4n) is 4.38. The van der Waals surface area contributed by atoms with Crippen molar-refractivity contribution in [2.75, 3.05) is 11.9 Å². The van der Waals surface area contributed by atoms with E-state index in [1.54, 1.807) is 12.4 Å². The summed E-state index contributed by atoms with van der Waals surface area (Å²) in [4.78, 5) is 32.0. The van der Waals surface area contributed by atoms with Crippen molar-refractivity contribution in [1.29, 1.82) is 0 Å². The number of nitrogens with zero attached hydrogens (tertiary/aromatic N) is 2. The molecule has 4 atom stereocenters. The summed E-state index contributed by atoms with van der Waals surface area (Å²) in [6, 6.07) is 1.72. The molecule has 0 bridgehead atoms. The van der Waals surface area contributed by atoms with E-state index >= 15 is 0 Å². The van der Waals surface area contributed by atoms with Gasteiger partial charge in [0.1, 0.15) is 24.1 Å². The van der Waals surface area contributed by atoms with Gasteiger partial charge in [-0.2, -0.15) is 0 Å². The van der Waals surface area contributed by atoms with Crippen LogP contribution < -0.4 is 10.9 Å². The molecule has 44 heavy (non-hydrogen) atoms. The predicted octanol–water partition coefficient (Wildman–Crippen LogP) is 7.38. The van der Waals surface area contributed by atoms with Crippen LogP contribution in [0.1, 0.15) is 75.5 Å². The summed E-state index contributed by atoms with van der Waals surface area (Å²) < 4.78 is 30.0. The molecular weight excluding hydrogens is 609 g/mol. The van der Waals surface area contributed by atoms with Crippen LogP contribution in [-0.2, 0) is 22.8 Å². The SMILES string of the molecule is CC(=O)Nc1cc2c(ncn2[C@@H]2O[C@H](CO[Si](C)(C)C(C)(C)C)[C@@H](O[Si](C)(C)C(C)(C)C)[C@H]2O[Si](C)(C)C(C)(C)C)c(=O)[nH]1. The number of imidazole rings is 1. The van der Waals surface area contributed by atoms with Gasteiger partial charge in [0.05, 0.1) is 18.5 Å². The summed E-state index contributed by atoms with van der Waals surface area (Å²) in [5.74, 6) is 0.0106. The first kappa shape index (κ1) is 36.8. The Morgan fingerprint density at radius 1 is 0.909 bits per heavy atom. The molecule has 250 valence electrons. The molecule has 1 amide bonds. The highest BCUT2D eigenvalue weighted by atomic mass is 28.4. The summed E-state index contributed by atoms with van der Waals surface area (Å²) >= 11 is 0. The lowest BCUT2D eigenvalue weighted by atomic mass is 10.1. The predicted molar refractivity (Wildman–Crippen MR) is 186 cm³/mol. The molecule has 0 saturated carbocycles. The van der Waals surface area contributed by atoms with Crippen molar-refractivity contribution in [2.45, 2.75) is 148 Å². The van der Waals surface area contributed by atoms with Crippen LogP contribution in [0.2, 0.25) is 54.4 Å². The molecule has 1 fully saturated rings. The van der Waals surface area contributed by atoms with E-state index in [0.29, 0.717) is 17.9 Å². The largest absolute Gasteiger partial charge is 0.414 e. The average molecular weight is 667 g/mol. The van der Waals surface area contributed by atoms with Crippen molar-refractivity contribution in [1.82, 2.24) is 14.5 Å². The first-order chi connectivity index (χ1) is 19.7. The Morgan fingerprint density at radius 3 is 1.89 bits per heavy atom.